The van der Waals surface area contributed by atoms with Gasteiger partial charge in [0.05, 0.1) is 6.26 Å². The zero-order valence-electron chi connectivity index (χ0n) is 9.34. The Morgan fingerprint density at radius 1 is 1.53 bits per heavy atom. The molecule has 1 atom stereocenters. The molecule has 0 bridgehead atoms. The van der Waals surface area contributed by atoms with Crippen molar-refractivity contribution in [2.24, 2.45) is 5.10 Å². The number of carbonyl (C=O) groups is 2. The highest BCUT2D eigenvalue weighted by molar-refractivity contribution is 8.14. The van der Waals surface area contributed by atoms with Gasteiger partial charge in [0.2, 0.25) is 11.8 Å². The number of hydrogen-bond donors (Lipinski definition) is 1. The summed E-state index contributed by atoms with van der Waals surface area (Å²) < 4.78 is 5.25. The molecule has 0 spiro atoms. The van der Waals surface area contributed by atoms with E-state index in [1.807, 2.05) is 0 Å². The van der Waals surface area contributed by atoms with Crippen molar-refractivity contribution in [3.8, 4) is 0 Å². The topological polar surface area (TPSA) is 74.9 Å². The number of thioether (sulfide) groups is 1. The molecule has 6 nitrogen and oxygen atoms in total. The third-order valence-corrected chi connectivity index (χ3v) is 3.10. The van der Waals surface area contributed by atoms with Crippen molar-refractivity contribution in [2.75, 3.05) is 0 Å². The summed E-state index contributed by atoms with van der Waals surface area (Å²) in [5.41, 5.74) is 0. The zero-order chi connectivity index (χ0) is 12.4. The van der Waals surface area contributed by atoms with Crippen LogP contribution >= 0.6 is 11.8 Å². The lowest BCUT2D eigenvalue weighted by molar-refractivity contribution is -0.129. The Balaban J connectivity index is 2.20. The fourth-order valence-electron chi connectivity index (χ4n) is 1.38. The number of furan rings is 1. The van der Waals surface area contributed by atoms with Crippen molar-refractivity contribution in [3.05, 3.63) is 24.2 Å². The fraction of sp³-hybridized carbons (Fsp3) is 0.300. The molecular weight excluding hydrogens is 242 g/mol. The van der Waals surface area contributed by atoms with Crippen molar-refractivity contribution in [1.82, 2.24) is 10.3 Å². The molecular formula is C10H11N3O3S. The van der Waals surface area contributed by atoms with Crippen LogP contribution in [0.4, 0.5) is 0 Å². The van der Waals surface area contributed by atoms with E-state index in [0.29, 0.717) is 10.9 Å². The number of hydrogen-bond acceptors (Lipinski definition) is 5. The van der Waals surface area contributed by atoms with E-state index in [-0.39, 0.29) is 17.2 Å². The van der Waals surface area contributed by atoms with E-state index in [9.17, 15) is 9.59 Å². The first-order valence-electron chi connectivity index (χ1n) is 4.94. The predicted molar refractivity (Wildman–Crippen MR) is 62.8 cm³/mol. The number of hydrazone groups is 1. The van der Waals surface area contributed by atoms with Crippen molar-refractivity contribution in [2.45, 2.75) is 19.2 Å². The lowest BCUT2D eigenvalue weighted by Gasteiger charge is -2.16. The van der Waals surface area contributed by atoms with Crippen LogP contribution < -0.4 is 5.32 Å². The molecule has 2 rings (SSSR count). The van der Waals surface area contributed by atoms with Crippen LogP contribution in [0, 0.1) is 0 Å². The van der Waals surface area contributed by atoms with Crippen LogP contribution in [0.3, 0.4) is 0 Å². The smallest absolute Gasteiger partial charge is 0.241 e. The first-order valence-corrected chi connectivity index (χ1v) is 5.82. The third kappa shape index (κ3) is 2.50. The van der Waals surface area contributed by atoms with E-state index < -0.39 is 0 Å². The second-order valence-electron chi connectivity index (χ2n) is 3.44. The maximum absolute atomic E-state index is 11.4. The van der Waals surface area contributed by atoms with Crippen LogP contribution in [0.1, 0.15) is 25.0 Å². The summed E-state index contributed by atoms with van der Waals surface area (Å²) in [5.74, 6) is 0.188. The normalized spacial score (nSPS) is 19.1. The molecule has 1 aliphatic heterocycles. The third-order valence-electron chi connectivity index (χ3n) is 2.04. The molecule has 1 aliphatic rings. The molecule has 17 heavy (non-hydrogen) atoms. The Bertz CT molecular complexity index is 469. The van der Waals surface area contributed by atoms with Gasteiger partial charge in [-0.15, -0.1) is 5.10 Å². The van der Waals surface area contributed by atoms with Gasteiger partial charge in [-0.25, -0.2) is 5.01 Å². The van der Waals surface area contributed by atoms with Gasteiger partial charge < -0.3 is 9.73 Å². The Kier molecular flexibility index (Phi) is 3.19. The van der Waals surface area contributed by atoms with Gasteiger partial charge >= 0.3 is 0 Å². The lowest BCUT2D eigenvalue weighted by atomic mass is 10.4. The molecule has 7 heteroatoms. The summed E-state index contributed by atoms with van der Waals surface area (Å²) in [6.45, 7) is 2.80. The number of carbonyl (C=O) groups excluding carboxylic acids is 2. The average molecular weight is 253 g/mol. The van der Waals surface area contributed by atoms with E-state index in [1.165, 1.54) is 36.9 Å². The Hall–Kier alpha value is -1.76. The number of nitrogens with zero attached hydrogens (tertiary/aromatic N) is 2. The highest BCUT2D eigenvalue weighted by Crippen LogP contribution is 2.38. The molecule has 0 fully saturated rings. The summed E-state index contributed by atoms with van der Waals surface area (Å²) in [6.07, 6.45) is 1.53. The van der Waals surface area contributed by atoms with Crippen LogP contribution in [0.2, 0.25) is 0 Å². The van der Waals surface area contributed by atoms with Crippen LogP contribution in [0.25, 0.3) is 0 Å². The zero-order valence-corrected chi connectivity index (χ0v) is 10.2. The minimum atomic E-state index is -0.357. The number of amides is 2. The van der Waals surface area contributed by atoms with Crippen molar-refractivity contribution >= 4 is 28.7 Å². The summed E-state index contributed by atoms with van der Waals surface area (Å²) in [4.78, 5) is 22.4. The van der Waals surface area contributed by atoms with Gasteiger partial charge in [0, 0.05) is 13.8 Å². The quantitative estimate of drug-likeness (QED) is 0.818. The van der Waals surface area contributed by atoms with E-state index in [0.717, 1.165) is 0 Å². The first-order chi connectivity index (χ1) is 8.08. The van der Waals surface area contributed by atoms with E-state index >= 15 is 0 Å². The van der Waals surface area contributed by atoms with E-state index in [1.54, 1.807) is 12.1 Å². The lowest BCUT2D eigenvalue weighted by Crippen LogP contribution is -2.25. The van der Waals surface area contributed by atoms with Crippen molar-refractivity contribution < 1.29 is 14.0 Å². The molecule has 0 saturated heterocycles. The highest BCUT2D eigenvalue weighted by atomic mass is 32.2. The summed E-state index contributed by atoms with van der Waals surface area (Å²) in [6, 6.07) is 3.50. The average Bonchev–Trinajstić information content (AvgIpc) is 2.82. The fourth-order valence-corrected chi connectivity index (χ4v) is 2.48. The predicted octanol–water partition coefficient (Wildman–Crippen LogP) is 1.28. The maximum Gasteiger partial charge on any atom is 0.241 e. The monoisotopic (exact) mass is 253 g/mol. The van der Waals surface area contributed by atoms with Crippen LogP contribution in [-0.2, 0) is 9.59 Å². The molecule has 0 aromatic carbocycles. The maximum atomic E-state index is 11.4. The van der Waals surface area contributed by atoms with Crippen LogP contribution in [0.15, 0.2) is 27.9 Å². The van der Waals surface area contributed by atoms with Gasteiger partial charge in [-0.2, -0.15) is 0 Å². The van der Waals surface area contributed by atoms with Gasteiger partial charge in [-0.1, -0.05) is 11.8 Å². The second-order valence-corrected chi connectivity index (χ2v) is 4.50. The largest absolute Gasteiger partial charge is 0.466 e. The minimum Gasteiger partial charge on any atom is -0.466 e. The Labute approximate surface area is 102 Å². The SMILES string of the molecule is CC(=O)NC1=NN(C(C)=O)[C@@H](c2ccco2)S1. The van der Waals surface area contributed by atoms with Gasteiger partial charge in [0.15, 0.2) is 10.5 Å². The molecule has 90 valence electrons. The van der Waals surface area contributed by atoms with E-state index in [4.69, 9.17) is 4.42 Å². The Morgan fingerprint density at radius 2 is 2.29 bits per heavy atom. The molecule has 1 N–H and O–H groups in total. The van der Waals surface area contributed by atoms with Crippen LogP contribution in [0.5, 0.6) is 0 Å². The molecule has 0 unspecified atom stereocenters. The molecule has 0 saturated carbocycles. The second kappa shape index (κ2) is 4.62. The first kappa shape index (κ1) is 11.7. The van der Waals surface area contributed by atoms with Gasteiger partial charge in [0.25, 0.3) is 0 Å². The summed E-state index contributed by atoms with van der Waals surface area (Å²) >= 11 is 1.26. The molecule has 1 aromatic heterocycles. The number of amidine groups is 1. The molecule has 0 radical (unpaired) electrons. The van der Waals surface area contributed by atoms with Gasteiger partial charge in [0.1, 0.15) is 5.76 Å². The Morgan fingerprint density at radius 3 is 2.82 bits per heavy atom. The summed E-state index contributed by atoms with van der Waals surface area (Å²) in [7, 11) is 0. The minimum absolute atomic E-state index is 0.209. The van der Waals surface area contributed by atoms with Gasteiger partial charge in [-0.05, 0) is 12.1 Å². The number of nitrogens with one attached hydrogen (secondary N) is 1. The molecule has 1 aromatic rings. The highest BCUT2D eigenvalue weighted by Gasteiger charge is 2.33. The summed E-state index contributed by atoms with van der Waals surface area (Å²) in [5, 5.41) is 7.92. The van der Waals surface area contributed by atoms with Crippen LogP contribution in [-0.4, -0.2) is 22.0 Å². The molecule has 0 aliphatic carbocycles. The van der Waals surface area contributed by atoms with Crippen molar-refractivity contribution in [3.63, 3.8) is 0 Å². The van der Waals surface area contributed by atoms with E-state index in [2.05, 4.69) is 10.4 Å². The number of rotatable bonds is 1. The molecule has 2 amide bonds. The standard InChI is InChI=1S/C10H11N3O3S/c1-6(14)11-10-12-13(7(2)15)9(17-10)8-4-3-5-16-8/h3-5,9H,1-2H3,(H,11,12,14)/t9-/m1/s1. The molecule has 2 heterocycles. The van der Waals surface area contributed by atoms with Gasteiger partial charge in [-0.3, -0.25) is 9.59 Å². The van der Waals surface area contributed by atoms with Crippen molar-refractivity contribution in [1.29, 1.82) is 0 Å².